The van der Waals surface area contributed by atoms with Crippen LogP contribution >= 0.6 is 0 Å². The Morgan fingerprint density at radius 3 is 2.89 bits per heavy atom. The molecule has 140 valence electrons. The highest BCUT2D eigenvalue weighted by atomic mass is 16.2. The summed E-state index contributed by atoms with van der Waals surface area (Å²) in [5.74, 6) is 0.450. The van der Waals surface area contributed by atoms with Crippen LogP contribution in [0.25, 0.3) is 11.2 Å². The molecule has 1 aliphatic rings. The highest BCUT2D eigenvalue weighted by molar-refractivity contribution is 5.83. The van der Waals surface area contributed by atoms with E-state index < -0.39 is 0 Å². The van der Waals surface area contributed by atoms with Crippen molar-refractivity contribution in [2.24, 2.45) is 0 Å². The maximum atomic E-state index is 13.1. The van der Waals surface area contributed by atoms with Crippen molar-refractivity contribution in [1.82, 2.24) is 29.9 Å². The van der Waals surface area contributed by atoms with Crippen molar-refractivity contribution in [2.45, 2.75) is 45.2 Å². The number of rotatable bonds is 4. The number of amides is 1. The normalized spacial score (nSPS) is 18.1. The standard InChI is InChI=1S/C19H22N6O2/c1-12(14-7-4-3-5-8-14)19(27)24-10-6-9-15(24)11-25-17-16(22-23-25)18(26)21-13(2)20-17/h3-5,7-8,12,15H,6,9-11H2,1-2H3,(H,20,21,26)/t12-,15+/m0/s1. The van der Waals surface area contributed by atoms with E-state index in [9.17, 15) is 9.59 Å². The topological polar surface area (TPSA) is 96.8 Å². The molecule has 0 bridgehead atoms. The average Bonchev–Trinajstić information content (AvgIpc) is 3.29. The summed E-state index contributed by atoms with van der Waals surface area (Å²) in [5, 5.41) is 8.06. The molecule has 2 atom stereocenters. The minimum Gasteiger partial charge on any atom is -0.337 e. The molecule has 3 heterocycles. The summed E-state index contributed by atoms with van der Waals surface area (Å²) >= 11 is 0. The largest absolute Gasteiger partial charge is 0.337 e. The van der Waals surface area contributed by atoms with Crippen LogP contribution < -0.4 is 5.56 Å². The van der Waals surface area contributed by atoms with Crippen molar-refractivity contribution >= 4 is 17.1 Å². The number of carbonyl (C=O) groups excluding carboxylic acids is 1. The van der Waals surface area contributed by atoms with Crippen molar-refractivity contribution in [1.29, 1.82) is 0 Å². The average molecular weight is 366 g/mol. The molecule has 8 heteroatoms. The second-order valence-corrected chi connectivity index (χ2v) is 7.06. The number of hydrogen-bond acceptors (Lipinski definition) is 5. The van der Waals surface area contributed by atoms with Crippen molar-refractivity contribution in [3.63, 3.8) is 0 Å². The predicted molar refractivity (Wildman–Crippen MR) is 100 cm³/mol. The van der Waals surface area contributed by atoms with Crippen LogP contribution in [-0.2, 0) is 11.3 Å². The molecule has 27 heavy (non-hydrogen) atoms. The third kappa shape index (κ3) is 3.22. The van der Waals surface area contributed by atoms with Gasteiger partial charge in [0.1, 0.15) is 5.82 Å². The van der Waals surface area contributed by atoms with Crippen LogP contribution in [0.2, 0.25) is 0 Å². The fourth-order valence-corrected chi connectivity index (χ4v) is 3.75. The zero-order valence-corrected chi connectivity index (χ0v) is 15.4. The lowest BCUT2D eigenvalue weighted by atomic mass is 9.99. The monoisotopic (exact) mass is 366 g/mol. The van der Waals surface area contributed by atoms with E-state index in [1.165, 1.54) is 0 Å². The first kappa shape index (κ1) is 17.4. The molecule has 1 aromatic carbocycles. The van der Waals surface area contributed by atoms with Gasteiger partial charge in [0.15, 0.2) is 11.2 Å². The number of aromatic amines is 1. The highest BCUT2D eigenvalue weighted by Gasteiger charge is 2.32. The number of fused-ring (bicyclic) bond motifs is 1. The fraction of sp³-hybridized carbons (Fsp3) is 0.421. The Bertz CT molecular complexity index is 1030. The Labute approximate surface area is 156 Å². The molecule has 2 aromatic heterocycles. The second-order valence-electron chi connectivity index (χ2n) is 7.06. The lowest BCUT2D eigenvalue weighted by Gasteiger charge is -2.27. The van der Waals surface area contributed by atoms with Crippen molar-refractivity contribution in [2.75, 3.05) is 6.54 Å². The van der Waals surface area contributed by atoms with Crippen LogP contribution in [0.15, 0.2) is 35.1 Å². The van der Waals surface area contributed by atoms with E-state index in [-0.39, 0.29) is 28.9 Å². The third-order valence-corrected chi connectivity index (χ3v) is 5.21. The zero-order valence-electron chi connectivity index (χ0n) is 15.4. The summed E-state index contributed by atoms with van der Waals surface area (Å²) in [6.45, 7) is 4.90. The van der Waals surface area contributed by atoms with Gasteiger partial charge in [0, 0.05) is 6.54 Å². The molecule has 8 nitrogen and oxygen atoms in total. The molecule has 1 fully saturated rings. The Morgan fingerprint density at radius 2 is 2.11 bits per heavy atom. The van der Waals surface area contributed by atoms with Gasteiger partial charge in [0.05, 0.1) is 18.5 Å². The quantitative estimate of drug-likeness (QED) is 0.757. The summed E-state index contributed by atoms with van der Waals surface area (Å²) in [6.07, 6.45) is 1.86. The number of hydrogen-bond donors (Lipinski definition) is 1. The SMILES string of the molecule is Cc1nc2c(nnn2C[C@H]2CCCN2C(=O)[C@@H](C)c2ccccc2)c(=O)[nH]1. The summed E-state index contributed by atoms with van der Waals surface area (Å²) in [6, 6.07) is 9.84. The first-order chi connectivity index (χ1) is 13.0. The molecule has 0 unspecified atom stereocenters. The summed E-state index contributed by atoms with van der Waals surface area (Å²) in [5.41, 5.74) is 1.42. The van der Waals surface area contributed by atoms with E-state index in [2.05, 4.69) is 20.3 Å². The van der Waals surface area contributed by atoms with Crippen LogP contribution in [0.1, 0.15) is 37.1 Å². The molecule has 0 aliphatic carbocycles. The number of benzene rings is 1. The number of carbonyl (C=O) groups is 1. The van der Waals surface area contributed by atoms with E-state index in [1.807, 2.05) is 42.2 Å². The molecule has 1 amide bonds. The van der Waals surface area contributed by atoms with Crippen LogP contribution in [0.4, 0.5) is 0 Å². The van der Waals surface area contributed by atoms with E-state index >= 15 is 0 Å². The number of aryl methyl sites for hydroxylation is 1. The fourth-order valence-electron chi connectivity index (χ4n) is 3.75. The first-order valence-corrected chi connectivity index (χ1v) is 9.20. The summed E-state index contributed by atoms with van der Waals surface area (Å²) < 4.78 is 1.64. The van der Waals surface area contributed by atoms with Gasteiger partial charge in [-0.05, 0) is 32.3 Å². The van der Waals surface area contributed by atoms with Gasteiger partial charge in [0.2, 0.25) is 5.91 Å². The molecular formula is C19H22N6O2. The second kappa shape index (κ2) is 6.94. The molecule has 0 saturated carbocycles. The van der Waals surface area contributed by atoms with Crippen LogP contribution in [0.5, 0.6) is 0 Å². The van der Waals surface area contributed by atoms with Gasteiger partial charge in [-0.3, -0.25) is 9.59 Å². The van der Waals surface area contributed by atoms with E-state index in [0.29, 0.717) is 18.0 Å². The lowest BCUT2D eigenvalue weighted by molar-refractivity contribution is -0.133. The van der Waals surface area contributed by atoms with Gasteiger partial charge in [-0.25, -0.2) is 9.67 Å². The number of H-pyrrole nitrogens is 1. The molecule has 1 aliphatic heterocycles. The molecule has 1 N–H and O–H groups in total. The predicted octanol–water partition coefficient (Wildman–Crippen LogP) is 1.62. The van der Waals surface area contributed by atoms with E-state index in [0.717, 1.165) is 24.9 Å². The molecule has 0 radical (unpaired) electrons. The number of nitrogens with one attached hydrogen (secondary N) is 1. The Kier molecular flexibility index (Phi) is 4.47. The molecular weight excluding hydrogens is 344 g/mol. The van der Waals surface area contributed by atoms with Crippen molar-refractivity contribution in [3.05, 3.63) is 52.1 Å². The lowest BCUT2D eigenvalue weighted by Crippen LogP contribution is -2.40. The van der Waals surface area contributed by atoms with Crippen LogP contribution in [-0.4, -0.2) is 48.4 Å². The van der Waals surface area contributed by atoms with Gasteiger partial charge in [-0.2, -0.15) is 0 Å². The third-order valence-electron chi connectivity index (χ3n) is 5.21. The first-order valence-electron chi connectivity index (χ1n) is 9.20. The van der Waals surface area contributed by atoms with Crippen molar-refractivity contribution in [3.8, 4) is 0 Å². The minimum absolute atomic E-state index is 0.0231. The maximum Gasteiger partial charge on any atom is 0.281 e. The van der Waals surface area contributed by atoms with Crippen molar-refractivity contribution < 1.29 is 4.79 Å². The molecule has 3 aromatic rings. The smallest absolute Gasteiger partial charge is 0.281 e. The summed E-state index contributed by atoms with van der Waals surface area (Å²) in [7, 11) is 0. The van der Waals surface area contributed by atoms with Crippen LogP contribution in [0, 0.1) is 6.92 Å². The highest BCUT2D eigenvalue weighted by Crippen LogP contribution is 2.25. The molecule has 0 spiro atoms. The molecule has 4 rings (SSSR count). The van der Waals surface area contributed by atoms with Gasteiger partial charge >= 0.3 is 0 Å². The summed E-state index contributed by atoms with van der Waals surface area (Å²) in [4.78, 5) is 34.0. The van der Waals surface area contributed by atoms with E-state index in [1.54, 1.807) is 11.6 Å². The Hall–Kier alpha value is -3.03. The maximum absolute atomic E-state index is 13.1. The van der Waals surface area contributed by atoms with Gasteiger partial charge in [0.25, 0.3) is 5.56 Å². The number of aromatic nitrogens is 5. The van der Waals surface area contributed by atoms with Gasteiger partial charge in [-0.1, -0.05) is 35.5 Å². The minimum atomic E-state index is -0.291. The number of nitrogens with zero attached hydrogens (tertiary/aromatic N) is 5. The Morgan fingerprint density at radius 1 is 1.33 bits per heavy atom. The van der Waals surface area contributed by atoms with E-state index in [4.69, 9.17) is 0 Å². The molecule has 1 saturated heterocycles. The Balaban J connectivity index is 1.57. The number of likely N-dealkylation sites (tertiary alicyclic amines) is 1. The van der Waals surface area contributed by atoms with Crippen LogP contribution in [0.3, 0.4) is 0 Å². The van der Waals surface area contributed by atoms with Gasteiger partial charge < -0.3 is 9.88 Å². The van der Waals surface area contributed by atoms with Gasteiger partial charge in [-0.15, -0.1) is 5.10 Å². The zero-order chi connectivity index (χ0) is 19.0.